The van der Waals surface area contributed by atoms with Crippen LogP contribution in [0.15, 0.2) is 41.4 Å². The number of aromatic nitrogens is 2. The molecule has 0 spiro atoms. The number of benzene rings is 1. The monoisotopic (exact) mass is 497 g/mol. The Hall–Kier alpha value is -2.57. The molecule has 3 rings (SSSR count). The summed E-state index contributed by atoms with van der Waals surface area (Å²) in [5.41, 5.74) is -1.17. The number of nitrogens with zero attached hydrogens (tertiary/aromatic N) is 2. The highest BCUT2D eigenvalue weighted by Crippen LogP contribution is 2.34. The van der Waals surface area contributed by atoms with E-state index < -0.39 is 62.8 Å². The van der Waals surface area contributed by atoms with Gasteiger partial charge >= 0.3 is 12.4 Å². The molecule has 2 aromatic rings. The SMILES string of the molecule is O=C(c1ccn[nH]1)N(CC(F)(F)F)C1CCC(CS(=O)(=O)c2cccc(C(F)(F)F)c2)CC1. The molecule has 0 saturated heterocycles. The fourth-order valence-electron chi connectivity index (χ4n) is 3.99. The average molecular weight is 497 g/mol. The van der Waals surface area contributed by atoms with Crippen LogP contribution in [-0.4, -0.2) is 53.9 Å². The highest BCUT2D eigenvalue weighted by atomic mass is 32.2. The van der Waals surface area contributed by atoms with Crippen molar-refractivity contribution in [2.75, 3.05) is 12.3 Å². The zero-order valence-electron chi connectivity index (χ0n) is 17.2. The maximum absolute atomic E-state index is 13.1. The van der Waals surface area contributed by atoms with Crippen molar-refractivity contribution >= 4 is 15.7 Å². The first kappa shape index (κ1) is 25.1. The Labute approximate surface area is 185 Å². The molecule has 1 saturated carbocycles. The van der Waals surface area contributed by atoms with E-state index in [1.807, 2.05) is 0 Å². The van der Waals surface area contributed by atoms with E-state index in [1.165, 1.54) is 12.3 Å². The van der Waals surface area contributed by atoms with Gasteiger partial charge in [-0.1, -0.05) is 6.07 Å². The van der Waals surface area contributed by atoms with E-state index >= 15 is 0 Å². The molecule has 1 fully saturated rings. The van der Waals surface area contributed by atoms with Gasteiger partial charge in [-0.3, -0.25) is 9.89 Å². The first-order valence-electron chi connectivity index (χ1n) is 10.0. The minimum absolute atomic E-state index is 0.0894. The first-order valence-corrected chi connectivity index (χ1v) is 11.7. The molecule has 1 N–H and O–H groups in total. The molecule has 0 unspecified atom stereocenters. The van der Waals surface area contributed by atoms with E-state index in [1.54, 1.807) is 0 Å². The van der Waals surface area contributed by atoms with Crippen molar-refractivity contribution in [3.63, 3.8) is 0 Å². The lowest BCUT2D eigenvalue weighted by atomic mass is 9.86. The molecule has 13 heteroatoms. The number of hydrogen-bond donors (Lipinski definition) is 1. The molecule has 1 aromatic heterocycles. The second-order valence-corrected chi connectivity index (χ2v) is 10.0. The van der Waals surface area contributed by atoms with Gasteiger partial charge in [0.05, 0.1) is 16.2 Å². The van der Waals surface area contributed by atoms with Gasteiger partial charge in [-0.2, -0.15) is 31.4 Å². The molecule has 1 amide bonds. The van der Waals surface area contributed by atoms with Gasteiger partial charge in [0.25, 0.3) is 5.91 Å². The summed E-state index contributed by atoms with van der Waals surface area (Å²) in [5.74, 6) is -1.73. The van der Waals surface area contributed by atoms with Gasteiger partial charge in [0, 0.05) is 12.2 Å². The lowest BCUT2D eigenvalue weighted by Crippen LogP contribution is -2.47. The van der Waals surface area contributed by atoms with Gasteiger partial charge in [-0.25, -0.2) is 8.42 Å². The van der Waals surface area contributed by atoms with Crippen LogP contribution in [-0.2, 0) is 16.0 Å². The van der Waals surface area contributed by atoms with Crippen LogP contribution < -0.4 is 0 Å². The van der Waals surface area contributed by atoms with Crippen molar-refractivity contribution < 1.29 is 39.6 Å². The number of hydrogen-bond acceptors (Lipinski definition) is 4. The quantitative estimate of drug-likeness (QED) is 0.598. The molecule has 0 bridgehead atoms. The van der Waals surface area contributed by atoms with Crippen molar-refractivity contribution in [3.05, 3.63) is 47.8 Å². The maximum Gasteiger partial charge on any atom is 0.416 e. The zero-order valence-corrected chi connectivity index (χ0v) is 18.0. The number of nitrogens with one attached hydrogen (secondary N) is 1. The van der Waals surface area contributed by atoms with Gasteiger partial charge in [-0.05, 0) is 55.9 Å². The predicted molar refractivity (Wildman–Crippen MR) is 105 cm³/mol. The Bertz CT molecular complexity index is 1060. The molecule has 1 heterocycles. The van der Waals surface area contributed by atoms with Crippen LogP contribution in [0.2, 0.25) is 0 Å². The van der Waals surface area contributed by atoms with E-state index in [0.29, 0.717) is 11.0 Å². The Balaban J connectivity index is 1.68. The van der Waals surface area contributed by atoms with Crippen molar-refractivity contribution in [2.24, 2.45) is 5.92 Å². The van der Waals surface area contributed by atoms with Crippen LogP contribution in [0.4, 0.5) is 26.3 Å². The molecular weight excluding hydrogens is 476 g/mol. The Morgan fingerprint density at radius 1 is 1.06 bits per heavy atom. The number of alkyl halides is 6. The van der Waals surface area contributed by atoms with Gasteiger partial charge in [0.1, 0.15) is 12.2 Å². The number of H-pyrrole nitrogens is 1. The van der Waals surface area contributed by atoms with Crippen LogP contribution in [0.5, 0.6) is 0 Å². The number of carbonyl (C=O) groups is 1. The number of rotatable bonds is 6. The largest absolute Gasteiger partial charge is 0.416 e. The summed E-state index contributed by atoms with van der Waals surface area (Å²) in [6.07, 6.45) is -7.36. The summed E-state index contributed by atoms with van der Waals surface area (Å²) in [6.45, 7) is -1.46. The first-order chi connectivity index (χ1) is 15.3. The molecule has 0 radical (unpaired) electrons. The third-order valence-corrected chi connectivity index (χ3v) is 7.46. The molecule has 1 aromatic carbocycles. The fraction of sp³-hybridized carbons (Fsp3) is 0.500. The van der Waals surface area contributed by atoms with Gasteiger partial charge in [0.2, 0.25) is 0 Å². The summed E-state index contributed by atoms with van der Waals surface area (Å²) < 4.78 is 103. The van der Waals surface area contributed by atoms with Crippen LogP contribution in [0.1, 0.15) is 41.7 Å². The van der Waals surface area contributed by atoms with Crippen molar-refractivity contribution in [3.8, 4) is 0 Å². The highest BCUT2D eigenvalue weighted by molar-refractivity contribution is 7.91. The predicted octanol–water partition coefficient (Wildman–Crippen LogP) is 4.47. The fourth-order valence-corrected chi connectivity index (χ4v) is 5.72. The van der Waals surface area contributed by atoms with Crippen molar-refractivity contribution in [1.82, 2.24) is 15.1 Å². The van der Waals surface area contributed by atoms with E-state index in [2.05, 4.69) is 10.2 Å². The molecule has 33 heavy (non-hydrogen) atoms. The van der Waals surface area contributed by atoms with Crippen LogP contribution in [0.3, 0.4) is 0 Å². The van der Waals surface area contributed by atoms with Crippen LogP contribution in [0.25, 0.3) is 0 Å². The second-order valence-electron chi connectivity index (χ2n) is 8.00. The number of carbonyl (C=O) groups excluding carboxylic acids is 1. The van der Waals surface area contributed by atoms with Crippen molar-refractivity contribution in [2.45, 2.75) is 49.0 Å². The summed E-state index contributed by atoms with van der Waals surface area (Å²) in [7, 11) is -4.03. The van der Waals surface area contributed by atoms with E-state index in [4.69, 9.17) is 0 Å². The van der Waals surface area contributed by atoms with Gasteiger partial charge < -0.3 is 4.90 Å². The summed E-state index contributed by atoms with van der Waals surface area (Å²) >= 11 is 0. The number of aromatic amines is 1. The van der Waals surface area contributed by atoms with Gasteiger partial charge in [-0.15, -0.1) is 0 Å². The number of halogens is 6. The molecule has 1 aliphatic rings. The van der Waals surface area contributed by atoms with Crippen LogP contribution >= 0.6 is 0 Å². The molecule has 1 aliphatic carbocycles. The van der Waals surface area contributed by atoms with E-state index in [0.717, 1.165) is 18.2 Å². The summed E-state index contributed by atoms with van der Waals surface area (Å²) in [6, 6.07) is 3.96. The van der Waals surface area contributed by atoms with Crippen LogP contribution in [0, 0.1) is 5.92 Å². The topological polar surface area (TPSA) is 83.1 Å². The maximum atomic E-state index is 13.1. The lowest BCUT2D eigenvalue weighted by Gasteiger charge is -2.37. The standard InChI is InChI=1S/C20H21F6N3O3S/c21-19(22,23)12-29(18(30)17-8-9-27-28-17)15-6-4-13(5-7-15)11-33(31,32)16-3-1-2-14(10-16)20(24,25)26/h1-3,8-10,13,15H,4-7,11-12H2,(H,27,28). The Morgan fingerprint density at radius 3 is 2.27 bits per heavy atom. The van der Waals surface area contributed by atoms with E-state index in [-0.39, 0.29) is 31.4 Å². The van der Waals surface area contributed by atoms with Gasteiger partial charge in [0.15, 0.2) is 9.84 Å². The average Bonchev–Trinajstić information content (AvgIpc) is 3.26. The minimum atomic E-state index is -4.69. The van der Waals surface area contributed by atoms with Crippen molar-refractivity contribution in [1.29, 1.82) is 0 Å². The summed E-state index contributed by atoms with van der Waals surface area (Å²) in [5, 5.41) is 5.93. The third-order valence-electron chi connectivity index (χ3n) is 5.57. The molecule has 6 nitrogen and oxygen atoms in total. The molecule has 182 valence electrons. The molecule has 0 aliphatic heterocycles. The highest BCUT2D eigenvalue weighted by Gasteiger charge is 2.39. The molecular formula is C20H21F6N3O3S. The Kier molecular flexibility index (Phi) is 7.10. The number of sulfone groups is 1. The smallest absolute Gasteiger partial charge is 0.325 e. The van der Waals surface area contributed by atoms with E-state index in [9.17, 15) is 39.6 Å². The summed E-state index contributed by atoms with van der Waals surface area (Å²) in [4.78, 5) is 12.8. The second kappa shape index (κ2) is 9.35. The number of amides is 1. The molecule has 0 atom stereocenters. The Morgan fingerprint density at radius 2 is 1.73 bits per heavy atom. The third kappa shape index (κ3) is 6.49. The minimum Gasteiger partial charge on any atom is -0.325 e. The lowest BCUT2D eigenvalue weighted by molar-refractivity contribution is -0.146. The zero-order chi connectivity index (χ0) is 24.4. The normalized spacial score (nSPS) is 19.9.